The van der Waals surface area contributed by atoms with Crippen LogP contribution in [0.2, 0.25) is 0 Å². The highest BCUT2D eigenvalue weighted by atomic mass is 16.2. The van der Waals surface area contributed by atoms with E-state index in [1.807, 2.05) is 61.5 Å². The van der Waals surface area contributed by atoms with Crippen molar-refractivity contribution in [3.63, 3.8) is 0 Å². The Bertz CT molecular complexity index is 1200. The number of H-pyrrole nitrogens is 1. The van der Waals surface area contributed by atoms with Gasteiger partial charge in [-0.05, 0) is 55.0 Å². The van der Waals surface area contributed by atoms with Crippen LogP contribution < -0.4 is 5.32 Å². The van der Waals surface area contributed by atoms with Crippen LogP contribution in [-0.2, 0) is 0 Å². The second kappa shape index (κ2) is 8.21. The Hall–Kier alpha value is -3.93. The van der Waals surface area contributed by atoms with Gasteiger partial charge in [0.05, 0.1) is 23.4 Å². The summed E-state index contributed by atoms with van der Waals surface area (Å²) in [5.41, 5.74) is 4.45. The molecule has 0 aliphatic heterocycles. The van der Waals surface area contributed by atoms with Crippen LogP contribution in [0.3, 0.4) is 0 Å². The monoisotopic (exact) mass is 398 g/mol. The Morgan fingerprint density at radius 2 is 1.77 bits per heavy atom. The lowest BCUT2D eigenvalue weighted by Gasteiger charge is -2.26. The lowest BCUT2D eigenvalue weighted by atomic mass is 10.0. The third-order valence-electron chi connectivity index (χ3n) is 5.23. The van der Waals surface area contributed by atoms with Gasteiger partial charge in [-0.2, -0.15) is 0 Å². The molecule has 4 aromatic rings. The standard InChI is InChI=1S/C24H22N4O2/c1-16(28(2)24(30)19-11-12-21-22(14-19)26-15-25-21)18-9-6-10-20(13-18)27-23(29)17-7-4-3-5-8-17/h3-16H,1-2H3,(H,25,26)(H,27,29)/t16-/m0/s1. The fourth-order valence-corrected chi connectivity index (χ4v) is 3.34. The van der Waals surface area contributed by atoms with Crippen LogP contribution in [0.5, 0.6) is 0 Å². The molecule has 0 fully saturated rings. The van der Waals surface area contributed by atoms with Gasteiger partial charge in [-0.3, -0.25) is 9.59 Å². The number of benzene rings is 3. The number of imidazole rings is 1. The molecule has 6 nitrogen and oxygen atoms in total. The maximum absolute atomic E-state index is 13.0. The molecule has 2 N–H and O–H groups in total. The normalized spacial score (nSPS) is 11.8. The molecule has 0 unspecified atom stereocenters. The maximum Gasteiger partial charge on any atom is 0.255 e. The predicted octanol–water partition coefficient (Wildman–Crippen LogP) is 4.65. The Morgan fingerprint density at radius 3 is 2.57 bits per heavy atom. The average Bonchev–Trinajstić information content (AvgIpc) is 3.26. The number of nitrogens with one attached hydrogen (secondary N) is 2. The molecule has 2 amide bonds. The Balaban J connectivity index is 1.51. The fraction of sp³-hybridized carbons (Fsp3) is 0.125. The van der Waals surface area contributed by atoms with Crippen molar-refractivity contribution in [2.75, 3.05) is 12.4 Å². The van der Waals surface area contributed by atoms with E-state index in [4.69, 9.17) is 0 Å². The van der Waals surface area contributed by atoms with Gasteiger partial charge >= 0.3 is 0 Å². The zero-order valence-electron chi connectivity index (χ0n) is 16.8. The van der Waals surface area contributed by atoms with Crippen LogP contribution in [0.1, 0.15) is 39.2 Å². The summed E-state index contributed by atoms with van der Waals surface area (Å²) in [7, 11) is 1.78. The number of hydrogen-bond donors (Lipinski definition) is 2. The van der Waals surface area contributed by atoms with E-state index in [0.29, 0.717) is 16.8 Å². The molecule has 0 radical (unpaired) electrons. The van der Waals surface area contributed by atoms with Crippen molar-refractivity contribution in [2.24, 2.45) is 0 Å². The summed E-state index contributed by atoms with van der Waals surface area (Å²) in [4.78, 5) is 34.3. The van der Waals surface area contributed by atoms with Crippen LogP contribution >= 0.6 is 0 Å². The van der Waals surface area contributed by atoms with Crippen molar-refractivity contribution >= 4 is 28.5 Å². The topological polar surface area (TPSA) is 78.1 Å². The van der Waals surface area contributed by atoms with E-state index in [2.05, 4.69) is 15.3 Å². The molecule has 0 aliphatic carbocycles. The van der Waals surface area contributed by atoms with E-state index in [0.717, 1.165) is 16.6 Å². The molecule has 0 aliphatic rings. The molecular formula is C24H22N4O2. The minimum Gasteiger partial charge on any atom is -0.345 e. The van der Waals surface area contributed by atoms with Gasteiger partial charge in [0, 0.05) is 23.9 Å². The highest BCUT2D eigenvalue weighted by Crippen LogP contribution is 2.24. The van der Waals surface area contributed by atoms with Crippen molar-refractivity contribution in [2.45, 2.75) is 13.0 Å². The molecule has 0 saturated heterocycles. The molecule has 4 rings (SSSR count). The Labute approximate surface area is 174 Å². The zero-order valence-corrected chi connectivity index (χ0v) is 16.8. The minimum atomic E-state index is -0.177. The summed E-state index contributed by atoms with van der Waals surface area (Å²) in [5, 5.41) is 2.92. The molecule has 150 valence electrons. The fourth-order valence-electron chi connectivity index (χ4n) is 3.34. The van der Waals surface area contributed by atoms with Gasteiger partial charge in [0.2, 0.25) is 0 Å². The number of carbonyl (C=O) groups is 2. The largest absolute Gasteiger partial charge is 0.345 e. The average molecular weight is 398 g/mol. The van der Waals surface area contributed by atoms with Crippen LogP contribution in [0.15, 0.2) is 79.1 Å². The summed E-state index contributed by atoms with van der Waals surface area (Å²) >= 11 is 0. The number of fused-ring (bicyclic) bond motifs is 1. The summed E-state index contributed by atoms with van der Waals surface area (Å²) in [5.74, 6) is -0.254. The summed E-state index contributed by atoms with van der Waals surface area (Å²) in [6.45, 7) is 1.96. The van der Waals surface area contributed by atoms with Gasteiger partial charge in [-0.1, -0.05) is 30.3 Å². The van der Waals surface area contributed by atoms with Gasteiger partial charge in [0.25, 0.3) is 11.8 Å². The second-order valence-electron chi connectivity index (χ2n) is 7.17. The number of amides is 2. The van der Waals surface area contributed by atoms with Crippen molar-refractivity contribution < 1.29 is 9.59 Å². The molecule has 1 atom stereocenters. The Morgan fingerprint density at radius 1 is 0.967 bits per heavy atom. The van der Waals surface area contributed by atoms with Crippen LogP contribution in [0.4, 0.5) is 5.69 Å². The maximum atomic E-state index is 13.0. The first-order valence-electron chi connectivity index (χ1n) is 9.69. The molecule has 1 aromatic heterocycles. The summed E-state index contributed by atoms with van der Waals surface area (Å²) in [6, 6.07) is 21.9. The van der Waals surface area contributed by atoms with E-state index in [1.54, 1.807) is 36.5 Å². The van der Waals surface area contributed by atoms with E-state index < -0.39 is 0 Å². The van der Waals surface area contributed by atoms with Gasteiger partial charge in [0.15, 0.2) is 0 Å². The first kappa shape index (κ1) is 19.4. The Kier molecular flexibility index (Phi) is 5.30. The molecule has 3 aromatic carbocycles. The lowest BCUT2D eigenvalue weighted by molar-refractivity contribution is 0.0742. The molecular weight excluding hydrogens is 376 g/mol. The molecule has 0 spiro atoms. The number of carbonyl (C=O) groups excluding carboxylic acids is 2. The number of nitrogens with zero attached hydrogens (tertiary/aromatic N) is 2. The minimum absolute atomic E-state index is 0.0854. The van der Waals surface area contributed by atoms with E-state index in [-0.39, 0.29) is 17.9 Å². The quantitative estimate of drug-likeness (QED) is 0.514. The number of aromatic nitrogens is 2. The SMILES string of the molecule is C[C@@H](c1cccc(NC(=O)c2ccccc2)c1)N(C)C(=O)c1ccc2nc[nH]c2c1. The van der Waals surface area contributed by atoms with Crippen LogP contribution in [0, 0.1) is 0 Å². The first-order chi connectivity index (χ1) is 14.5. The summed E-state index contributed by atoms with van der Waals surface area (Å²) < 4.78 is 0. The van der Waals surface area contributed by atoms with Crippen molar-refractivity contribution in [3.05, 3.63) is 95.8 Å². The van der Waals surface area contributed by atoms with Gasteiger partial charge in [-0.25, -0.2) is 4.98 Å². The smallest absolute Gasteiger partial charge is 0.255 e. The molecule has 30 heavy (non-hydrogen) atoms. The van der Waals surface area contributed by atoms with Crippen molar-refractivity contribution in [1.29, 1.82) is 0 Å². The van der Waals surface area contributed by atoms with Crippen molar-refractivity contribution in [3.8, 4) is 0 Å². The third-order valence-corrected chi connectivity index (χ3v) is 5.23. The molecule has 6 heteroatoms. The number of rotatable bonds is 5. The number of hydrogen-bond acceptors (Lipinski definition) is 3. The number of anilines is 1. The first-order valence-corrected chi connectivity index (χ1v) is 9.69. The summed E-state index contributed by atoms with van der Waals surface area (Å²) in [6.07, 6.45) is 1.61. The van der Waals surface area contributed by atoms with Gasteiger partial charge in [0.1, 0.15) is 0 Å². The van der Waals surface area contributed by atoms with Crippen LogP contribution in [0.25, 0.3) is 11.0 Å². The van der Waals surface area contributed by atoms with E-state index >= 15 is 0 Å². The molecule has 1 heterocycles. The predicted molar refractivity (Wildman–Crippen MR) is 117 cm³/mol. The van der Waals surface area contributed by atoms with Gasteiger partial charge in [-0.15, -0.1) is 0 Å². The number of aromatic amines is 1. The second-order valence-corrected chi connectivity index (χ2v) is 7.17. The highest BCUT2D eigenvalue weighted by molar-refractivity contribution is 6.04. The lowest BCUT2D eigenvalue weighted by Crippen LogP contribution is -2.29. The van der Waals surface area contributed by atoms with Crippen molar-refractivity contribution in [1.82, 2.24) is 14.9 Å². The molecule has 0 saturated carbocycles. The molecule has 0 bridgehead atoms. The van der Waals surface area contributed by atoms with Crippen LogP contribution in [-0.4, -0.2) is 33.7 Å². The van der Waals surface area contributed by atoms with E-state index in [9.17, 15) is 9.59 Å². The highest BCUT2D eigenvalue weighted by Gasteiger charge is 2.20. The van der Waals surface area contributed by atoms with Gasteiger partial charge < -0.3 is 15.2 Å². The zero-order chi connectivity index (χ0) is 21.1. The third kappa shape index (κ3) is 3.93. The van der Waals surface area contributed by atoms with E-state index in [1.165, 1.54) is 0 Å².